The molecular weight excluding hydrogens is 248 g/mol. The van der Waals surface area contributed by atoms with Gasteiger partial charge in [0.15, 0.2) is 0 Å². The fourth-order valence-corrected chi connectivity index (χ4v) is 2.81. The standard InChI is InChI=1S/C17H28N2O/c1-19(2)10-5-4-9-18-16-11-15(12-16)14-7-6-8-17(13-14)20-3/h6-8,13,15-16,18H,4-5,9-12H2,1-3H3. The summed E-state index contributed by atoms with van der Waals surface area (Å²) in [7, 11) is 6.01. The van der Waals surface area contributed by atoms with Crippen molar-refractivity contribution in [3.05, 3.63) is 29.8 Å². The van der Waals surface area contributed by atoms with Gasteiger partial charge in [-0.3, -0.25) is 0 Å². The molecule has 112 valence electrons. The molecule has 1 aromatic carbocycles. The lowest BCUT2D eigenvalue weighted by atomic mass is 9.76. The summed E-state index contributed by atoms with van der Waals surface area (Å²) in [5.74, 6) is 1.69. The lowest BCUT2D eigenvalue weighted by Crippen LogP contribution is -2.40. The van der Waals surface area contributed by atoms with Gasteiger partial charge < -0.3 is 15.0 Å². The zero-order valence-corrected chi connectivity index (χ0v) is 13.1. The molecule has 3 heteroatoms. The van der Waals surface area contributed by atoms with Crippen LogP contribution >= 0.6 is 0 Å². The van der Waals surface area contributed by atoms with Crippen LogP contribution in [0.1, 0.15) is 37.2 Å². The third-order valence-electron chi connectivity index (χ3n) is 4.17. The smallest absolute Gasteiger partial charge is 0.119 e. The van der Waals surface area contributed by atoms with Crippen molar-refractivity contribution in [2.75, 3.05) is 34.3 Å². The van der Waals surface area contributed by atoms with Crippen molar-refractivity contribution in [2.45, 2.75) is 37.6 Å². The first-order valence-corrected chi connectivity index (χ1v) is 7.71. The Balaban J connectivity index is 1.62. The van der Waals surface area contributed by atoms with E-state index in [4.69, 9.17) is 4.74 Å². The largest absolute Gasteiger partial charge is 0.497 e. The molecule has 0 bridgehead atoms. The number of hydrogen-bond acceptors (Lipinski definition) is 3. The fraction of sp³-hybridized carbons (Fsp3) is 0.647. The van der Waals surface area contributed by atoms with Crippen molar-refractivity contribution in [1.82, 2.24) is 10.2 Å². The SMILES string of the molecule is COc1cccc(C2CC(NCCCCN(C)C)C2)c1. The molecule has 0 aliphatic heterocycles. The summed E-state index contributed by atoms with van der Waals surface area (Å²) in [4.78, 5) is 2.25. The van der Waals surface area contributed by atoms with Gasteiger partial charge in [0.1, 0.15) is 5.75 Å². The van der Waals surface area contributed by atoms with Gasteiger partial charge in [0.25, 0.3) is 0 Å². The van der Waals surface area contributed by atoms with Gasteiger partial charge in [-0.25, -0.2) is 0 Å². The maximum atomic E-state index is 5.29. The van der Waals surface area contributed by atoms with E-state index in [1.165, 1.54) is 37.8 Å². The van der Waals surface area contributed by atoms with Crippen molar-refractivity contribution < 1.29 is 4.74 Å². The van der Waals surface area contributed by atoms with Gasteiger partial charge in [-0.1, -0.05) is 12.1 Å². The highest BCUT2D eigenvalue weighted by Gasteiger charge is 2.29. The second kappa shape index (κ2) is 7.65. The van der Waals surface area contributed by atoms with Gasteiger partial charge in [-0.2, -0.15) is 0 Å². The monoisotopic (exact) mass is 276 g/mol. The van der Waals surface area contributed by atoms with Crippen LogP contribution in [0.15, 0.2) is 24.3 Å². The molecule has 0 heterocycles. The number of hydrogen-bond donors (Lipinski definition) is 1. The third-order valence-corrected chi connectivity index (χ3v) is 4.17. The number of nitrogens with one attached hydrogen (secondary N) is 1. The minimum Gasteiger partial charge on any atom is -0.497 e. The Kier molecular flexibility index (Phi) is 5.86. The first kappa shape index (κ1) is 15.3. The predicted molar refractivity (Wildman–Crippen MR) is 84.5 cm³/mol. The second-order valence-electron chi connectivity index (χ2n) is 6.11. The number of nitrogens with zero attached hydrogens (tertiary/aromatic N) is 1. The highest BCUT2D eigenvalue weighted by Crippen LogP contribution is 2.37. The molecule has 0 radical (unpaired) electrons. The molecular formula is C17H28N2O. The van der Waals surface area contributed by atoms with E-state index in [1.807, 2.05) is 6.07 Å². The summed E-state index contributed by atoms with van der Waals surface area (Å²) in [6, 6.07) is 9.22. The van der Waals surface area contributed by atoms with Crippen molar-refractivity contribution in [1.29, 1.82) is 0 Å². The predicted octanol–water partition coefficient (Wildman–Crippen LogP) is 2.87. The molecule has 0 aromatic heterocycles. The van der Waals surface area contributed by atoms with Crippen LogP contribution in [0.4, 0.5) is 0 Å². The molecule has 0 amide bonds. The Morgan fingerprint density at radius 3 is 2.75 bits per heavy atom. The third kappa shape index (κ3) is 4.50. The molecule has 1 fully saturated rings. The average Bonchev–Trinajstić information content (AvgIpc) is 2.40. The first-order valence-electron chi connectivity index (χ1n) is 7.71. The summed E-state index contributed by atoms with van der Waals surface area (Å²) < 4.78 is 5.29. The first-order chi connectivity index (χ1) is 9.69. The van der Waals surface area contributed by atoms with E-state index in [1.54, 1.807) is 7.11 Å². The molecule has 1 saturated carbocycles. The van der Waals surface area contributed by atoms with E-state index in [9.17, 15) is 0 Å². The van der Waals surface area contributed by atoms with Crippen LogP contribution in [0.2, 0.25) is 0 Å². The number of methoxy groups -OCH3 is 1. The molecule has 20 heavy (non-hydrogen) atoms. The lowest BCUT2D eigenvalue weighted by molar-refractivity contribution is 0.286. The molecule has 3 nitrogen and oxygen atoms in total. The fourth-order valence-electron chi connectivity index (χ4n) is 2.81. The maximum Gasteiger partial charge on any atom is 0.119 e. The zero-order chi connectivity index (χ0) is 14.4. The van der Waals surface area contributed by atoms with Crippen LogP contribution in [-0.2, 0) is 0 Å². The topological polar surface area (TPSA) is 24.5 Å². The van der Waals surface area contributed by atoms with Crippen LogP contribution < -0.4 is 10.1 Å². The highest BCUT2D eigenvalue weighted by molar-refractivity contribution is 5.32. The van der Waals surface area contributed by atoms with Crippen molar-refractivity contribution in [3.63, 3.8) is 0 Å². The average molecular weight is 276 g/mol. The van der Waals surface area contributed by atoms with Crippen LogP contribution in [0, 0.1) is 0 Å². The van der Waals surface area contributed by atoms with Gasteiger partial charge in [0, 0.05) is 6.04 Å². The van der Waals surface area contributed by atoms with Gasteiger partial charge in [-0.05, 0) is 76.5 Å². The molecule has 0 unspecified atom stereocenters. The Bertz CT molecular complexity index is 400. The molecule has 1 N–H and O–H groups in total. The van der Waals surface area contributed by atoms with Crippen LogP contribution in [0.5, 0.6) is 5.75 Å². The van der Waals surface area contributed by atoms with Crippen LogP contribution in [0.3, 0.4) is 0 Å². The highest BCUT2D eigenvalue weighted by atomic mass is 16.5. The van der Waals surface area contributed by atoms with Crippen molar-refractivity contribution in [2.24, 2.45) is 0 Å². The van der Waals surface area contributed by atoms with E-state index >= 15 is 0 Å². The summed E-state index contributed by atoms with van der Waals surface area (Å²) in [5.41, 5.74) is 1.43. The Morgan fingerprint density at radius 1 is 1.25 bits per heavy atom. The van der Waals surface area contributed by atoms with Crippen molar-refractivity contribution in [3.8, 4) is 5.75 Å². The minimum absolute atomic E-state index is 0.712. The molecule has 1 aromatic rings. The molecule has 1 aliphatic carbocycles. The Hall–Kier alpha value is -1.06. The van der Waals surface area contributed by atoms with Gasteiger partial charge in [-0.15, -0.1) is 0 Å². The molecule has 0 saturated heterocycles. The molecule has 2 rings (SSSR count). The van der Waals surface area contributed by atoms with Crippen LogP contribution in [0.25, 0.3) is 0 Å². The number of benzene rings is 1. The Labute approximate surface area is 123 Å². The van der Waals surface area contributed by atoms with Gasteiger partial charge in [0.2, 0.25) is 0 Å². The lowest BCUT2D eigenvalue weighted by Gasteiger charge is -2.36. The van der Waals surface area contributed by atoms with Crippen LogP contribution in [-0.4, -0.2) is 45.2 Å². The summed E-state index contributed by atoms with van der Waals surface area (Å²) >= 11 is 0. The van der Waals surface area contributed by atoms with E-state index in [-0.39, 0.29) is 0 Å². The minimum atomic E-state index is 0.712. The normalized spacial score (nSPS) is 21.8. The molecule has 0 spiro atoms. The number of rotatable bonds is 8. The summed E-state index contributed by atoms with van der Waals surface area (Å²) in [6.07, 6.45) is 5.09. The van der Waals surface area contributed by atoms with Gasteiger partial charge in [0.05, 0.1) is 7.11 Å². The summed E-state index contributed by atoms with van der Waals surface area (Å²) in [5, 5.41) is 3.67. The van der Waals surface area contributed by atoms with E-state index in [0.29, 0.717) is 12.0 Å². The quantitative estimate of drug-likeness (QED) is 0.739. The Morgan fingerprint density at radius 2 is 2.05 bits per heavy atom. The van der Waals surface area contributed by atoms with Gasteiger partial charge >= 0.3 is 0 Å². The number of unbranched alkanes of at least 4 members (excludes halogenated alkanes) is 1. The van der Waals surface area contributed by atoms with E-state index in [2.05, 4.69) is 42.5 Å². The number of ether oxygens (including phenoxy) is 1. The molecule has 1 aliphatic rings. The van der Waals surface area contributed by atoms with E-state index < -0.39 is 0 Å². The second-order valence-corrected chi connectivity index (χ2v) is 6.11. The molecule has 0 atom stereocenters. The summed E-state index contributed by atoms with van der Waals surface area (Å²) in [6.45, 7) is 2.35. The maximum absolute atomic E-state index is 5.29. The zero-order valence-electron chi connectivity index (χ0n) is 13.1. The van der Waals surface area contributed by atoms with E-state index in [0.717, 1.165) is 12.3 Å². The van der Waals surface area contributed by atoms with Crippen molar-refractivity contribution >= 4 is 0 Å².